The maximum atomic E-state index is 12.3. The number of amides is 3. The normalized spacial score (nSPS) is 13.9. The lowest BCUT2D eigenvalue weighted by molar-refractivity contribution is -0.128. The minimum atomic E-state index is -0.102. The molecule has 0 unspecified atom stereocenters. The summed E-state index contributed by atoms with van der Waals surface area (Å²) in [4.78, 5) is 28.8. The van der Waals surface area contributed by atoms with E-state index >= 15 is 0 Å². The second-order valence-electron chi connectivity index (χ2n) is 6.46. The van der Waals surface area contributed by atoms with Gasteiger partial charge in [0.15, 0.2) is 0 Å². The molecule has 26 heavy (non-hydrogen) atoms. The van der Waals surface area contributed by atoms with Crippen molar-refractivity contribution < 1.29 is 9.59 Å². The molecule has 0 saturated carbocycles. The van der Waals surface area contributed by atoms with Gasteiger partial charge in [-0.1, -0.05) is 24.3 Å². The van der Waals surface area contributed by atoms with Gasteiger partial charge in [-0.05, 0) is 45.6 Å². The molecule has 2 aromatic rings. The fraction of sp³-hybridized carbons (Fsp3) is 0.368. The summed E-state index contributed by atoms with van der Waals surface area (Å²) in [5.41, 5.74) is 2.14. The van der Waals surface area contributed by atoms with Crippen molar-refractivity contribution in [2.24, 2.45) is 0 Å². The number of thiophene rings is 1. The maximum Gasteiger partial charge on any atom is 0.317 e. The molecule has 1 saturated heterocycles. The molecule has 1 aromatic heterocycles. The molecular weight excluding hydrogens is 414 g/mol. The molecule has 0 radical (unpaired) electrons. The van der Waals surface area contributed by atoms with Crippen molar-refractivity contribution in [1.29, 1.82) is 0 Å². The van der Waals surface area contributed by atoms with E-state index in [2.05, 4.69) is 27.3 Å². The zero-order valence-corrected chi connectivity index (χ0v) is 17.1. The first-order valence-electron chi connectivity index (χ1n) is 8.60. The van der Waals surface area contributed by atoms with E-state index in [1.54, 1.807) is 23.3 Å². The van der Waals surface area contributed by atoms with Gasteiger partial charge >= 0.3 is 6.03 Å². The highest BCUT2D eigenvalue weighted by Gasteiger charge is 2.20. The largest absolute Gasteiger partial charge is 0.338 e. The minimum Gasteiger partial charge on any atom is -0.338 e. The van der Waals surface area contributed by atoms with Crippen LogP contribution >= 0.6 is 27.3 Å². The fourth-order valence-electron chi connectivity index (χ4n) is 2.98. The van der Waals surface area contributed by atoms with Gasteiger partial charge in [0.2, 0.25) is 5.91 Å². The van der Waals surface area contributed by atoms with Crippen LogP contribution in [0.4, 0.5) is 4.79 Å². The predicted molar refractivity (Wildman–Crippen MR) is 107 cm³/mol. The molecule has 0 aliphatic carbocycles. The van der Waals surface area contributed by atoms with Crippen molar-refractivity contribution in [3.8, 4) is 0 Å². The SMILES string of the molecule is CN(Cc1ccc(Br)s1)C(=O)NCc1cccc(CN2CCCC2=O)c1. The lowest BCUT2D eigenvalue weighted by atomic mass is 10.1. The van der Waals surface area contributed by atoms with Gasteiger partial charge in [-0.2, -0.15) is 0 Å². The zero-order valence-electron chi connectivity index (χ0n) is 14.7. The summed E-state index contributed by atoms with van der Waals surface area (Å²) in [6.45, 7) is 2.54. The van der Waals surface area contributed by atoms with Crippen molar-refractivity contribution in [2.45, 2.75) is 32.5 Å². The van der Waals surface area contributed by atoms with Crippen LogP contribution in [0, 0.1) is 0 Å². The molecule has 1 aliphatic heterocycles. The van der Waals surface area contributed by atoms with E-state index in [0.29, 0.717) is 26.1 Å². The first kappa shape index (κ1) is 18.9. The van der Waals surface area contributed by atoms with Crippen molar-refractivity contribution in [1.82, 2.24) is 15.1 Å². The van der Waals surface area contributed by atoms with Gasteiger partial charge in [0, 0.05) is 38.0 Å². The number of nitrogens with zero attached hydrogens (tertiary/aromatic N) is 2. The molecule has 0 spiro atoms. The molecule has 138 valence electrons. The van der Waals surface area contributed by atoms with Crippen molar-refractivity contribution in [3.05, 3.63) is 56.2 Å². The molecule has 1 N–H and O–H groups in total. The maximum absolute atomic E-state index is 12.3. The fourth-order valence-corrected chi connectivity index (χ4v) is 4.52. The molecule has 3 rings (SSSR count). The zero-order chi connectivity index (χ0) is 18.5. The molecule has 1 aliphatic rings. The summed E-state index contributed by atoms with van der Waals surface area (Å²) >= 11 is 5.06. The minimum absolute atomic E-state index is 0.102. The van der Waals surface area contributed by atoms with Crippen LogP contribution in [0.15, 0.2) is 40.2 Å². The number of rotatable bonds is 6. The first-order chi connectivity index (χ1) is 12.5. The molecule has 3 amide bonds. The van der Waals surface area contributed by atoms with Crippen LogP contribution < -0.4 is 5.32 Å². The standard InChI is InChI=1S/C19H22BrN3O2S/c1-22(13-16-7-8-17(20)26-16)19(25)21-11-14-4-2-5-15(10-14)12-23-9-3-6-18(23)24/h2,4-5,7-8,10H,3,6,9,11-13H2,1H3,(H,21,25). The van der Waals surface area contributed by atoms with E-state index in [1.165, 1.54) is 0 Å². The average Bonchev–Trinajstić information content (AvgIpc) is 3.21. The van der Waals surface area contributed by atoms with Crippen molar-refractivity contribution in [2.75, 3.05) is 13.6 Å². The Labute approximate surface area is 166 Å². The Bertz CT molecular complexity index is 793. The van der Waals surface area contributed by atoms with Crippen LogP contribution in [-0.4, -0.2) is 35.3 Å². The van der Waals surface area contributed by atoms with Gasteiger partial charge in [0.25, 0.3) is 0 Å². The predicted octanol–water partition coefficient (Wildman–Crippen LogP) is 3.97. The van der Waals surface area contributed by atoms with Gasteiger partial charge in [0.1, 0.15) is 0 Å². The number of halogens is 1. The third kappa shape index (κ3) is 5.08. The summed E-state index contributed by atoms with van der Waals surface area (Å²) in [5.74, 6) is 0.227. The Morgan fingerprint density at radius 3 is 2.81 bits per heavy atom. The molecule has 1 fully saturated rings. The molecule has 5 nitrogen and oxygen atoms in total. The number of carbonyl (C=O) groups excluding carboxylic acids is 2. The third-order valence-corrected chi connectivity index (χ3v) is 5.96. The van der Waals surface area contributed by atoms with Crippen molar-refractivity contribution >= 4 is 39.2 Å². The Morgan fingerprint density at radius 1 is 1.31 bits per heavy atom. The lowest BCUT2D eigenvalue weighted by Crippen LogP contribution is -2.36. The van der Waals surface area contributed by atoms with E-state index in [4.69, 9.17) is 0 Å². The van der Waals surface area contributed by atoms with E-state index in [-0.39, 0.29) is 11.9 Å². The van der Waals surface area contributed by atoms with Gasteiger partial charge in [-0.15, -0.1) is 11.3 Å². The molecule has 0 bridgehead atoms. The van der Waals surface area contributed by atoms with Crippen molar-refractivity contribution in [3.63, 3.8) is 0 Å². The number of benzene rings is 1. The van der Waals surface area contributed by atoms with Crippen LogP contribution in [0.3, 0.4) is 0 Å². The van der Waals surface area contributed by atoms with Crippen LogP contribution in [-0.2, 0) is 24.4 Å². The number of nitrogens with one attached hydrogen (secondary N) is 1. The molecular formula is C19H22BrN3O2S. The third-order valence-electron chi connectivity index (χ3n) is 4.35. The number of urea groups is 1. The van der Waals surface area contributed by atoms with Gasteiger partial charge in [0.05, 0.1) is 10.3 Å². The number of likely N-dealkylation sites (tertiary alicyclic amines) is 1. The second-order valence-corrected chi connectivity index (χ2v) is 9.01. The molecule has 7 heteroatoms. The topological polar surface area (TPSA) is 52.7 Å². The lowest BCUT2D eigenvalue weighted by Gasteiger charge is -2.18. The van der Waals surface area contributed by atoms with Crippen LogP contribution in [0.1, 0.15) is 28.8 Å². The summed E-state index contributed by atoms with van der Waals surface area (Å²) in [5, 5.41) is 2.95. The Kier molecular flexibility index (Phi) is 6.32. The Hall–Kier alpha value is -1.86. The average molecular weight is 436 g/mol. The van der Waals surface area contributed by atoms with Crippen LogP contribution in [0.2, 0.25) is 0 Å². The Morgan fingerprint density at radius 2 is 2.12 bits per heavy atom. The number of hydrogen-bond acceptors (Lipinski definition) is 3. The highest BCUT2D eigenvalue weighted by molar-refractivity contribution is 9.11. The molecule has 2 heterocycles. The molecule has 1 aromatic carbocycles. The van der Waals surface area contributed by atoms with Gasteiger partial charge in [-0.25, -0.2) is 4.79 Å². The first-order valence-corrected chi connectivity index (χ1v) is 10.2. The van der Waals surface area contributed by atoms with E-state index in [9.17, 15) is 9.59 Å². The van der Waals surface area contributed by atoms with Gasteiger partial charge in [-0.3, -0.25) is 4.79 Å². The van der Waals surface area contributed by atoms with E-state index in [1.807, 2.05) is 35.2 Å². The van der Waals surface area contributed by atoms with Crippen LogP contribution in [0.25, 0.3) is 0 Å². The highest BCUT2D eigenvalue weighted by Crippen LogP contribution is 2.23. The monoisotopic (exact) mass is 435 g/mol. The van der Waals surface area contributed by atoms with Crippen LogP contribution in [0.5, 0.6) is 0 Å². The van der Waals surface area contributed by atoms with Gasteiger partial charge < -0.3 is 15.1 Å². The van der Waals surface area contributed by atoms with E-state index < -0.39 is 0 Å². The highest BCUT2D eigenvalue weighted by atomic mass is 79.9. The number of hydrogen-bond donors (Lipinski definition) is 1. The quantitative estimate of drug-likeness (QED) is 0.745. The summed E-state index contributed by atoms with van der Waals surface area (Å²) in [6, 6.07) is 12.0. The second kappa shape index (κ2) is 8.68. The Balaban J connectivity index is 1.51. The summed E-state index contributed by atoms with van der Waals surface area (Å²) in [7, 11) is 1.79. The van der Waals surface area contributed by atoms with E-state index in [0.717, 1.165) is 32.8 Å². The number of carbonyl (C=O) groups is 2. The summed E-state index contributed by atoms with van der Waals surface area (Å²) in [6.07, 6.45) is 1.60. The smallest absolute Gasteiger partial charge is 0.317 e. The molecule has 0 atom stereocenters. The summed E-state index contributed by atoms with van der Waals surface area (Å²) < 4.78 is 1.06.